The van der Waals surface area contributed by atoms with Gasteiger partial charge in [0.05, 0.1) is 50.8 Å². The number of aromatic nitrogens is 4. The monoisotopic (exact) mass is 651 g/mol. The predicted octanol–water partition coefficient (Wildman–Crippen LogP) is -9.11. The maximum Gasteiger partial charge on any atom is 0.244 e. The Morgan fingerprint density at radius 2 is 0.974 bits per heavy atom. The summed E-state index contributed by atoms with van der Waals surface area (Å²) in [5, 5.41) is 20.4. The Morgan fingerprint density at radius 3 is 1.15 bits per heavy atom. The van der Waals surface area contributed by atoms with Crippen molar-refractivity contribution < 1.29 is 94.2 Å². The van der Waals surface area contributed by atoms with Crippen molar-refractivity contribution in [2.75, 3.05) is 13.1 Å². The van der Waals surface area contributed by atoms with Crippen LogP contribution in [-0.2, 0) is 31.2 Å². The molecule has 0 saturated heterocycles. The Bertz CT molecular complexity index is 929. The molecule has 0 fully saturated rings. The first-order valence-electron chi connectivity index (χ1n) is 10.9. The van der Waals surface area contributed by atoms with Gasteiger partial charge in [-0.25, -0.2) is 55.5 Å². The molecule has 2 aromatic rings. The molecule has 0 spiro atoms. The number of nitrogens with zero attached hydrogens (tertiary/aromatic N) is 6. The van der Waals surface area contributed by atoms with E-state index in [9.17, 15) is 10.2 Å². The normalized spacial score (nSPS) is 15.6. The van der Waals surface area contributed by atoms with Crippen molar-refractivity contribution in [3.8, 4) is 0 Å². The SMILES string of the molecule is CC(=NCCN=C(C)C(C(C)O)n1cc[n+](C)c1)C(C(C)O)n1cc[n+](C)c1.[Cu].[O-][Cl+3]([O-])([O-])[O-].[O-][Cl+3]([O-])([O-])[O-]. The fourth-order valence-corrected chi connectivity index (χ4v) is 3.54. The number of hydrogen-bond donors (Lipinski definition) is 2. The van der Waals surface area contributed by atoms with Gasteiger partial charge in [-0.2, -0.15) is 0 Å². The second kappa shape index (κ2) is 18.0. The standard InChI is InChI=1S/C20H34N6O2.2ClHO4.Cu/c1-15(19(17(3)27)25-11-9-23(5)13-25)21-7-8-22-16(2)20(18(4)28)26-12-10-24(6)14-26;2*2-1(3,4)5;/h9-14,17-20,27-28H,7-8H2,1-6H3;2*(H,2,3,4,5);/q+2;;;/p-2. The van der Waals surface area contributed by atoms with E-state index in [1.165, 1.54) is 0 Å². The molecule has 0 aliphatic rings. The van der Waals surface area contributed by atoms with Crippen molar-refractivity contribution in [1.82, 2.24) is 9.13 Å². The molecule has 16 nitrogen and oxygen atoms in total. The molecule has 39 heavy (non-hydrogen) atoms. The van der Waals surface area contributed by atoms with E-state index in [4.69, 9.17) is 37.3 Å². The van der Waals surface area contributed by atoms with Gasteiger partial charge in [0.25, 0.3) is 0 Å². The Balaban J connectivity index is 0. The first-order chi connectivity index (χ1) is 17.2. The van der Waals surface area contributed by atoms with Gasteiger partial charge in [0.1, 0.15) is 24.8 Å². The maximum absolute atomic E-state index is 10.2. The smallest absolute Gasteiger partial charge is 0.244 e. The Labute approximate surface area is 241 Å². The second-order valence-corrected chi connectivity index (χ2v) is 9.74. The summed E-state index contributed by atoms with van der Waals surface area (Å²) >= 11 is 0. The summed E-state index contributed by atoms with van der Waals surface area (Å²) in [6, 6.07) is -0.396. The summed E-state index contributed by atoms with van der Waals surface area (Å²) in [6.45, 7) is 8.49. The quantitative estimate of drug-likeness (QED) is 0.112. The van der Waals surface area contributed by atoms with Crippen LogP contribution in [0, 0.1) is 20.5 Å². The van der Waals surface area contributed by atoms with Crippen molar-refractivity contribution in [3.05, 3.63) is 37.4 Å². The van der Waals surface area contributed by atoms with Gasteiger partial charge in [-0.1, -0.05) is 0 Å². The average molecular weight is 653 g/mol. The summed E-state index contributed by atoms with van der Waals surface area (Å²) in [5.74, 6) is 0. The molecule has 0 bridgehead atoms. The molecule has 0 saturated carbocycles. The number of imidazole rings is 2. The van der Waals surface area contributed by atoms with Gasteiger partial charge in [-0.3, -0.25) is 9.98 Å². The van der Waals surface area contributed by atoms with Crippen LogP contribution in [0.25, 0.3) is 0 Å². The number of aliphatic imine (C=N–C) groups is 2. The van der Waals surface area contributed by atoms with Gasteiger partial charge in [-0.05, 0) is 27.7 Å². The van der Waals surface area contributed by atoms with Gasteiger partial charge in [0.2, 0.25) is 12.7 Å². The van der Waals surface area contributed by atoms with Crippen LogP contribution in [0.15, 0.2) is 47.4 Å². The number of aryl methyl sites for hydroxylation is 2. The molecule has 0 aromatic carbocycles. The number of hydrogen-bond acceptors (Lipinski definition) is 12. The van der Waals surface area contributed by atoms with E-state index < -0.39 is 32.7 Å². The van der Waals surface area contributed by atoms with Crippen LogP contribution >= 0.6 is 0 Å². The van der Waals surface area contributed by atoms with E-state index in [0.29, 0.717) is 13.1 Å². The van der Waals surface area contributed by atoms with Gasteiger partial charge in [-0.15, -0.1) is 20.5 Å². The Hall–Kier alpha value is -1.54. The zero-order chi connectivity index (χ0) is 29.8. The third-order valence-electron chi connectivity index (χ3n) is 4.81. The number of rotatable bonds is 9. The first-order valence-corrected chi connectivity index (χ1v) is 13.3. The molecule has 229 valence electrons. The largest absolute Gasteiger partial charge is 0.389 e. The number of aliphatic hydroxyl groups is 2. The van der Waals surface area contributed by atoms with E-state index >= 15 is 0 Å². The molecule has 1 radical (unpaired) electrons. The number of halogens is 2. The minimum absolute atomic E-state index is 0. The van der Waals surface area contributed by atoms with Gasteiger partial charge in [0.15, 0.2) is 12.1 Å². The summed E-state index contributed by atoms with van der Waals surface area (Å²) in [4.78, 5) is 9.26. The Kier molecular flexibility index (Phi) is 18.3. The minimum Gasteiger partial charge on any atom is -0.389 e. The van der Waals surface area contributed by atoms with E-state index in [0.717, 1.165) is 11.4 Å². The fourth-order valence-electron chi connectivity index (χ4n) is 3.54. The molecule has 0 aliphatic carbocycles. The van der Waals surface area contributed by atoms with Crippen molar-refractivity contribution in [2.24, 2.45) is 24.1 Å². The van der Waals surface area contributed by atoms with E-state index in [2.05, 4.69) is 9.98 Å². The molecule has 0 aliphatic heterocycles. The maximum atomic E-state index is 10.2. The predicted molar refractivity (Wildman–Crippen MR) is 109 cm³/mol. The molecule has 19 heteroatoms. The van der Waals surface area contributed by atoms with Crippen LogP contribution < -0.4 is 46.4 Å². The zero-order valence-electron chi connectivity index (χ0n) is 22.1. The first kappa shape index (κ1) is 39.6. The second-order valence-electron chi connectivity index (χ2n) is 8.23. The molecule has 0 amide bonds. The summed E-state index contributed by atoms with van der Waals surface area (Å²) in [7, 11) is -5.99. The van der Waals surface area contributed by atoms with E-state index in [1.807, 2.05) is 83.7 Å². The zero-order valence-corrected chi connectivity index (χ0v) is 24.5. The van der Waals surface area contributed by atoms with Gasteiger partial charge >= 0.3 is 0 Å². The average Bonchev–Trinajstić information content (AvgIpc) is 3.30. The minimum atomic E-state index is -4.94. The Morgan fingerprint density at radius 1 is 0.718 bits per heavy atom. The van der Waals surface area contributed by atoms with Crippen LogP contribution in [0.3, 0.4) is 0 Å². The van der Waals surface area contributed by atoms with Crippen molar-refractivity contribution in [1.29, 1.82) is 0 Å². The third-order valence-corrected chi connectivity index (χ3v) is 4.81. The fraction of sp³-hybridized carbons (Fsp3) is 0.600. The third kappa shape index (κ3) is 19.2. The van der Waals surface area contributed by atoms with Gasteiger partial charge in [0, 0.05) is 17.1 Å². The van der Waals surface area contributed by atoms with Crippen molar-refractivity contribution in [3.63, 3.8) is 0 Å². The van der Waals surface area contributed by atoms with Crippen LogP contribution in [0.2, 0.25) is 0 Å². The molecule has 2 N–H and O–H groups in total. The van der Waals surface area contributed by atoms with Crippen LogP contribution in [0.5, 0.6) is 0 Å². The molecule has 4 unspecified atom stereocenters. The van der Waals surface area contributed by atoms with E-state index in [-0.39, 0.29) is 29.2 Å². The summed E-state index contributed by atoms with van der Waals surface area (Å²) in [5.41, 5.74) is 1.73. The van der Waals surface area contributed by atoms with Gasteiger partial charge < -0.3 is 10.2 Å². The number of aliphatic hydroxyl groups excluding tert-OH is 2. The van der Waals surface area contributed by atoms with Crippen LogP contribution in [0.1, 0.15) is 39.8 Å². The van der Waals surface area contributed by atoms with E-state index in [1.54, 1.807) is 13.8 Å². The topological polar surface area (TPSA) is 267 Å². The molecule has 2 heterocycles. The van der Waals surface area contributed by atoms with Crippen LogP contribution in [-0.4, -0.2) is 56.1 Å². The molecule has 2 rings (SSSR count). The molecule has 2 aromatic heterocycles. The van der Waals surface area contributed by atoms with Crippen molar-refractivity contribution in [2.45, 2.75) is 52.0 Å². The van der Waals surface area contributed by atoms with Crippen LogP contribution in [0.4, 0.5) is 0 Å². The molecular formula is C20H34Cl2CuN6O10. The molecule has 4 atom stereocenters. The summed E-state index contributed by atoms with van der Waals surface area (Å²) < 4.78 is 75.8. The van der Waals surface area contributed by atoms with Crippen molar-refractivity contribution >= 4 is 11.4 Å². The summed E-state index contributed by atoms with van der Waals surface area (Å²) in [6.07, 6.45) is 10.5. The molecular weight excluding hydrogens is 619 g/mol.